The van der Waals surface area contributed by atoms with E-state index in [2.05, 4.69) is 15.9 Å². The van der Waals surface area contributed by atoms with Crippen molar-refractivity contribution >= 4 is 21.8 Å². The van der Waals surface area contributed by atoms with Crippen LogP contribution in [0.3, 0.4) is 0 Å². The molecule has 0 aliphatic heterocycles. The maximum atomic E-state index is 10.8. The second-order valence-electron chi connectivity index (χ2n) is 1.86. The molecule has 0 saturated heterocycles. The molecule has 1 amide bonds. The first kappa shape index (κ1) is 9.44. The van der Waals surface area contributed by atoms with Gasteiger partial charge in [-0.3, -0.25) is 4.79 Å². The summed E-state index contributed by atoms with van der Waals surface area (Å²) in [5.41, 5.74) is 0. The summed E-state index contributed by atoms with van der Waals surface area (Å²) in [7, 11) is 1.68. The number of hydrogen-bond acceptors (Lipinski definition) is 2. The fraction of sp³-hybridized carbons (Fsp3) is 0.667. The maximum Gasteiger partial charge on any atom is 0.232 e. The van der Waals surface area contributed by atoms with E-state index in [1.54, 1.807) is 7.05 Å². The van der Waals surface area contributed by atoms with Crippen LogP contribution in [0.1, 0.15) is 6.42 Å². The van der Waals surface area contributed by atoms with Gasteiger partial charge in [0, 0.05) is 13.6 Å². The minimum absolute atomic E-state index is 0.00949. The van der Waals surface area contributed by atoms with Gasteiger partial charge in [0.1, 0.15) is 0 Å². The number of nitrogens with zero attached hydrogens (tertiary/aromatic N) is 2. The number of amides is 1. The van der Waals surface area contributed by atoms with Gasteiger partial charge < -0.3 is 4.90 Å². The van der Waals surface area contributed by atoms with E-state index in [4.69, 9.17) is 5.26 Å². The molecule has 0 rings (SSSR count). The number of nitriles is 1. The quantitative estimate of drug-likeness (QED) is 0.638. The summed E-state index contributed by atoms with van der Waals surface area (Å²) in [6, 6.07) is 1.97. The van der Waals surface area contributed by atoms with Crippen LogP contribution in [0.5, 0.6) is 0 Å². The van der Waals surface area contributed by atoms with Gasteiger partial charge in [-0.05, 0) is 0 Å². The predicted octanol–water partition coefficient (Wildman–Crippen LogP) is 0.753. The molecular weight excluding hydrogens is 196 g/mol. The molecular formula is C6H9BrN2O. The monoisotopic (exact) mass is 204 g/mol. The highest BCUT2D eigenvalue weighted by molar-refractivity contribution is 9.09. The molecule has 56 valence electrons. The van der Waals surface area contributed by atoms with Crippen molar-refractivity contribution < 1.29 is 4.79 Å². The standard InChI is InChI=1S/C6H9BrN2O/c1-9(4-2-3-8)6(10)5-7/h2,4-5H2,1H3. The van der Waals surface area contributed by atoms with Crippen LogP contribution in [0.2, 0.25) is 0 Å². The zero-order valence-corrected chi connectivity index (χ0v) is 7.39. The van der Waals surface area contributed by atoms with Gasteiger partial charge in [-0.25, -0.2) is 0 Å². The van der Waals surface area contributed by atoms with Crippen molar-refractivity contribution in [2.45, 2.75) is 6.42 Å². The molecule has 0 aromatic rings. The summed E-state index contributed by atoms with van der Waals surface area (Å²) < 4.78 is 0. The van der Waals surface area contributed by atoms with Crippen LogP contribution in [0, 0.1) is 11.3 Å². The highest BCUT2D eigenvalue weighted by Gasteiger charge is 2.03. The molecule has 0 aromatic heterocycles. The van der Waals surface area contributed by atoms with E-state index >= 15 is 0 Å². The maximum absolute atomic E-state index is 10.8. The summed E-state index contributed by atoms with van der Waals surface area (Å²) >= 11 is 3.03. The zero-order chi connectivity index (χ0) is 7.98. The number of hydrogen-bond donors (Lipinski definition) is 0. The van der Waals surface area contributed by atoms with Crippen LogP contribution in [0.15, 0.2) is 0 Å². The summed E-state index contributed by atoms with van der Waals surface area (Å²) in [5.74, 6) is 0.00949. The molecule has 0 N–H and O–H groups in total. The first-order chi connectivity index (χ1) is 4.72. The van der Waals surface area contributed by atoms with Crippen molar-refractivity contribution in [3.63, 3.8) is 0 Å². The Labute approximate surface area is 68.7 Å². The molecule has 0 bridgehead atoms. The van der Waals surface area contributed by atoms with Gasteiger partial charge in [0.2, 0.25) is 5.91 Å². The lowest BCUT2D eigenvalue weighted by atomic mass is 10.4. The van der Waals surface area contributed by atoms with Gasteiger partial charge in [0.05, 0.1) is 17.8 Å². The Bertz CT molecular complexity index is 152. The van der Waals surface area contributed by atoms with Gasteiger partial charge in [0.15, 0.2) is 0 Å². The van der Waals surface area contributed by atoms with E-state index in [0.717, 1.165) is 0 Å². The van der Waals surface area contributed by atoms with E-state index in [1.807, 2.05) is 6.07 Å². The summed E-state index contributed by atoms with van der Waals surface area (Å²) in [6.07, 6.45) is 0.398. The smallest absolute Gasteiger partial charge is 0.232 e. The van der Waals surface area contributed by atoms with Crippen molar-refractivity contribution in [3.8, 4) is 6.07 Å². The average molecular weight is 205 g/mol. The Kier molecular flexibility index (Phi) is 4.95. The first-order valence-electron chi connectivity index (χ1n) is 2.89. The van der Waals surface area contributed by atoms with Crippen LogP contribution >= 0.6 is 15.9 Å². The second-order valence-corrected chi connectivity index (χ2v) is 2.42. The molecule has 0 aromatic carbocycles. The van der Waals surface area contributed by atoms with Crippen LogP contribution < -0.4 is 0 Å². The van der Waals surface area contributed by atoms with Crippen molar-refractivity contribution in [2.24, 2.45) is 0 Å². The van der Waals surface area contributed by atoms with Gasteiger partial charge >= 0.3 is 0 Å². The van der Waals surface area contributed by atoms with E-state index in [-0.39, 0.29) is 5.91 Å². The molecule has 10 heavy (non-hydrogen) atoms. The van der Waals surface area contributed by atoms with Crippen molar-refractivity contribution in [1.82, 2.24) is 4.90 Å². The number of carbonyl (C=O) groups excluding carboxylic acids is 1. The Balaban J connectivity index is 3.53. The largest absolute Gasteiger partial charge is 0.344 e. The fourth-order valence-corrected chi connectivity index (χ4v) is 0.873. The molecule has 0 aliphatic carbocycles. The fourth-order valence-electron chi connectivity index (χ4n) is 0.444. The van der Waals surface area contributed by atoms with Gasteiger partial charge in [-0.15, -0.1) is 0 Å². The Morgan fingerprint density at radius 1 is 1.80 bits per heavy atom. The lowest BCUT2D eigenvalue weighted by Gasteiger charge is -2.12. The number of halogens is 1. The van der Waals surface area contributed by atoms with Crippen LogP contribution in [-0.4, -0.2) is 29.7 Å². The van der Waals surface area contributed by atoms with Crippen LogP contribution in [0.25, 0.3) is 0 Å². The molecule has 0 atom stereocenters. The topological polar surface area (TPSA) is 44.1 Å². The predicted molar refractivity (Wildman–Crippen MR) is 41.7 cm³/mol. The highest BCUT2D eigenvalue weighted by atomic mass is 79.9. The van der Waals surface area contributed by atoms with Crippen molar-refractivity contribution in [1.29, 1.82) is 5.26 Å². The molecule has 0 heterocycles. The normalized spacial score (nSPS) is 8.50. The minimum atomic E-state index is 0.00949. The Hall–Kier alpha value is -0.560. The Morgan fingerprint density at radius 2 is 2.40 bits per heavy atom. The lowest BCUT2D eigenvalue weighted by Crippen LogP contribution is -2.28. The molecule has 0 saturated carbocycles. The SMILES string of the molecule is CN(CCC#N)C(=O)CBr. The number of carbonyl (C=O) groups is 1. The molecule has 0 spiro atoms. The zero-order valence-electron chi connectivity index (χ0n) is 5.80. The molecule has 0 aliphatic rings. The Morgan fingerprint density at radius 3 is 2.80 bits per heavy atom. The van der Waals surface area contributed by atoms with Gasteiger partial charge in [-0.2, -0.15) is 5.26 Å². The first-order valence-corrected chi connectivity index (χ1v) is 4.01. The molecule has 0 unspecified atom stereocenters. The number of alkyl halides is 1. The lowest BCUT2D eigenvalue weighted by molar-refractivity contribution is -0.126. The summed E-state index contributed by atoms with van der Waals surface area (Å²) in [5, 5.41) is 8.50. The summed E-state index contributed by atoms with van der Waals surface area (Å²) in [4.78, 5) is 12.3. The summed E-state index contributed by atoms with van der Waals surface area (Å²) in [6.45, 7) is 0.515. The van der Waals surface area contributed by atoms with E-state index in [0.29, 0.717) is 18.3 Å². The highest BCUT2D eigenvalue weighted by Crippen LogP contribution is 1.90. The third-order valence-electron chi connectivity index (χ3n) is 1.10. The molecule has 4 heteroatoms. The van der Waals surface area contributed by atoms with E-state index in [9.17, 15) is 4.79 Å². The van der Waals surface area contributed by atoms with E-state index in [1.165, 1.54) is 4.90 Å². The molecule has 0 radical (unpaired) electrons. The third kappa shape index (κ3) is 3.46. The number of rotatable bonds is 3. The molecule has 3 nitrogen and oxygen atoms in total. The molecule has 0 fully saturated rings. The second kappa shape index (κ2) is 5.24. The van der Waals surface area contributed by atoms with E-state index < -0.39 is 0 Å². The average Bonchev–Trinajstić information content (AvgIpc) is 1.98. The van der Waals surface area contributed by atoms with Crippen molar-refractivity contribution in [3.05, 3.63) is 0 Å². The van der Waals surface area contributed by atoms with Crippen LogP contribution in [-0.2, 0) is 4.79 Å². The van der Waals surface area contributed by atoms with Crippen LogP contribution in [0.4, 0.5) is 0 Å². The van der Waals surface area contributed by atoms with Gasteiger partial charge in [0.25, 0.3) is 0 Å². The minimum Gasteiger partial charge on any atom is -0.344 e. The van der Waals surface area contributed by atoms with Crippen molar-refractivity contribution in [2.75, 3.05) is 18.9 Å². The van der Waals surface area contributed by atoms with Gasteiger partial charge in [-0.1, -0.05) is 15.9 Å². The third-order valence-corrected chi connectivity index (χ3v) is 1.58.